The van der Waals surface area contributed by atoms with Crippen LogP contribution in [0.15, 0.2) is 0 Å². The summed E-state index contributed by atoms with van der Waals surface area (Å²) in [5.74, 6) is -1.12. The number of carboxylic acids is 1. The van der Waals surface area contributed by atoms with E-state index in [1.807, 2.05) is 0 Å². The number of hydrogen-bond acceptors (Lipinski definition) is 5. The largest absolute Gasteiger partial charge is 0.481 e. The van der Waals surface area contributed by atoms with Crippen molar-refractivity contribution in [1.29, 1.82) is 0 Å². The maximum atomic E-state index is 11.3. The molecular formula is C17H34O6. The van der Waals surface area contributed by atoms with Gasteiger partial charge >= 0.3 is 5.97 Å². The topological polar surface area (TPSA) is 104 Å². The zero-order valence-corrected chi connectivity index (χ0v) is 14.6. The van der Waals surface area contributed by atoms with Crippen LogP contribution in [0.3, 0.4) is 0 Å². The van der Waals surface area contributed by atoms with Crippen molar-refractivity contribution in [3.8, 4) is 0 Å². The minimum Gasteiger partial charge on any atom is -0.481 e. The van der Waals surface area contributed by atoms with Gasteiger partial charge in [-0.25, -0.2) is 0 Å². The van der Waals surface area contributed by atoms with E-state index in [9.17, 15) is 4.79 Å². The third-order valence-corrected chi connectivity index (χ3v) is 3.13. The molecule has 0 amide bonds. The lowest BCUT2D eigenvalue weighted by molar-refractivity contribution is -0.147. The highest BCUT2D eigenvalue weighted by molar-refractivity contribution is 5.69. The van der Waals surface area contributed by atoms with E-state index >= 15 is 0 Å². The van der Waals surface area contributed by atoms with E-state index in [1.165, 1.54) is 44.9 Å². The van der Waals surface area contributed by atoms with Gasteiger partial charge in [0.2, 0.25) is 0 Å². The molecule has 3 N–H and O–H groups in total. The first-order chi connectivity index (χ1) is 10.9. The predicted octanol–water partition coefficient (Wildman–Crippen LogP) is 2.89. The van der Waals surface area contributed by atoms with Crippen LogP contribution >= 0.6 is 0 Å². The number of hydrogen-bond donors (Lipinski definition) is 3. The SMILES string of the molecule is CC(=O)O.CCCCCCCCCCCC(=O)OCC(O)CO. The van der Waals surface area contributed by atoms with Gasteiger partial charge in [-0.15, -0.1) is 0 Å². The third-order valence-electron chi connectivity index (χ3n) is 3.13. The maximum Gasteiger partial charge on any atom is 0.305 e. The van der Waals surface area contributed by atoms with Gasteiger partial charge in [0.25, 0.3) is 5.97 Å². The van der Waals surface area contributed by atoms with E-state index in [-0.39, 0.29) is 19.2 Å². The quantitative estimate of drug-likeness (QED) is 0.353. The Labute approximate surface area is 139 Å². The molecule has 0 heterocycles. The summed E-state index contributed by atoms with van der Waals surface area (Å²) in [5.41, 5.74) is 0. The summed E-state index contributed by atoms with van der Waals surface area (Å²) in [7, 11) is 0. The minimum atomic E-state index is -0.952. The average Bonchev–Trinajstić information content (AvgIpc) is 2.50. The van der Waals surface area contributed by atoms with Gasteiger partial charge in [0, 0.05) is 13.3 Å². The van der Waals surface area contributed by atoms with Crippen LogP contribution in [0.1, 0.15) is 78.1 Å². The second-order valence-electron chi connectivity index (χ2n) is 5.62. The molecule has 0 saturated carbocycles. The Hall–Kier alpha value is -1.14. The third kappa shape index (κ3) is 26.1. The van der Waals surface area contributed by atoms with Crippen molar-refractivity contribution in [3.05, 3.63) is 0 Å². The van der Waals surface area contributed by atoms with Crippen molar-refractivity contribution in [2.24, 2.45) is 0 Å². The van der Waals surface area contributed by atoms with Gasteiger partial charge in [0.15, 0.2) is 0 Å². The molecule has 0 aromatic carbocycles. The molecule has 6 heteroatoms. The first kappa shape index (κ1) is 24.1. The molecule has 0 aliphatic heterocycles. The molecule has 0 fully saturated rings. The molecule has 0 bridgehead atoms. The molecule has 0 saturated heterocycles. The van der Waals surface area contributed by atoms with Crippen LogP contribution in [0.5, 0.6) is 0 Å². The number of esters is 1. The van der Waals surface area contributed by atoms with Crippen LogP contribution < -0.4 is 0 Å². The molecule has 6 nitrogen and oxygen atoms in total. The van der Waals surface area contributed by atoms with Gasteiger partial charge in [-0.05, 0) is 6.42 Å². The highest BCUT2D eigenvalue weighted by atomic mass is 16.5. The first-order valence-corrected chi connectivity index (χ1v) is 8.58. The normalized spacial score (nSPS) is 11.3. The lowest BCUT2D eigenvalue weighted by Crippen LogP contribution is -2.21. The summed E-state index contributed by atoms with van der Waals surface area (Å²) in [6.45, 7) is 2.83. The molecular weight excluding hydrogens is 300 g/mol. The van der Waals surface area contributed by atoms with Crippen LogP contribution in [0.25, 0.3) is 0 Å². The second kappa shape index (κ2) is 18.9. The minimum absolute atomic E-state index is 0.104. The van der Waals surface area contributed by atoms with Crippen LogP contribution in [-0.4, -0.2) is 46.6 Å². The Morgan fingerprint density at radius 3 is 1.83 bits per heavy atom. The number of aliphatic carboxylic acids is 1. The van der Waals surface area contributed by atoms with Gasteiger partial charge in [-0.2, -0.15) is 0 Å². The molecule has 0 aliphatic rings. The van der Waals surface area contributed by atoms with E-state index in [0.717, 1.165) is 19.8 Å². The van der Waals surface area contributed by atoms with Gasteiger partial charge in [-0.3, -0.25) is 9.59 Å². The van der Waals surface area contributed by atoms with E-state index in [0.29, 0.717) is 6.42 Å². The molecule has 1 unspecified atom stereocenters. The lowest BCUT2D eigenvalue weighted by atomic mass is 10.1. The number of unbranched alkanes of at least 4 members (excludes halogenated alkanes) is 8. The molecule has 138 valence electrons. The first-order valence-electron chi connectivity index (χ1n) is 8.58. The Kier molecular flexibility index (Phi) is 19.8. The fraction of sp³-hybridized carbons (Fsp3) is 0.882. The van der Waals surface area contributed by atoms with Gasteiger partial charge in [-0.1, -0.05) is 58.3 Å². The molecule has 0 aromatic heterocycles. The zero-order valence-electron chi connectivity index (χ0n) is 14.6. The number of ether oxygens (including phenoxy) is 1. The lowest BCUT2D eigenvalue weighted by Gasteiger charge is -2.08. The summed E-state index contributed by atoms with van der Waals surface area (Å²) in [6.07, 6.45) is 10.4. The fourth-order valence-corrected chi connectivity index (χ4v) is 1.89. The van der Waals surface area contributed by atoms with E-state index < -0.39 is 12.1 Å². The molecule has 0 rings (SSSR count). The molecule has 23 heavy (non-hydrogen) atoms. The van der Waals surface area contributed by atoms with Crippen molar-refractivity contribution in [3.63, 3.8) is 0 Å². The number of carbonyl (C=O) groups excluding carboxylic acids is 1. The molecule has 0 radical (unpaired) electrons. The molecule has 0 aromatic rings. The Bertz CT molecular complexity index is 276. The highest BCUT2D eigenvalue weighted by Gasteiger charge is 2.07. The van der Waals surface area contributed by atoms with Crippen molar-refractivity contribution >= 4 is 11.9 Å². The number of carbonyl (C=O) groups is 2. The standard InChI is InChI=1S/C15H30O4.C2H4O2/c1-2-3-4-5-6-7-8-9-10-11-15(18)19-13-14(17)12-16;1-2(3)4/h14,16-17H,2-13H2,1H3;1H3,(H,3,4). The van der Waals surface area contributed by atoms with Gasteiger partial charge in [0.1, 0.15) is 12.7 Å². The zero-order chi connectivity index (χ0) is 17.9. The number of carboxylic acid groups (broad SMARTS) is 1. The summed E-state index contributed by atoms with van der Waals surface area (Å²) in [5, 5.41) is 25.0. The molecule has 0 spiro atoms. The summed E-state index contributed by atoms with van der Waals surface area (Å²) < 4.78 is 4.82. The maximum absolute atomic E-state index is 11.3. The van der Waals surface area contributed by atoms with Crippen LogP contribution in [0.2, 0.25) is 0 Å². The number of rotatable bonds is 13. The van der Waals surface area contributed by atoms with E-state index in [1.54, 1.807) is 0 Å². The monoisotopic (exact) mass is 334 g/mol. The average molecular weight is 334 g/mol. The summed E-state index contributed by atoms with van der Waals surface area (Å²) in [4.78, 5) is 20.3. The van der Waals surface area contributed by atoms with Crippen molar-refractivity contribution in [2.75, 3.05) is 13.2 Å². The second-order valence-corrected chi connectivity index (χ2v) is 5.62. The molecule has 0 aliphatic carbocycles. The van der Waals surface area contributed by atoms with Crippen molar-refractivity contribution in [1.82, 2.24) is 0 Å². The summed E-state index contributed by atoms with van der Waals surface area (Å²) >= 11 is 0. The van der Waals surface area contributed by atoms with Crippen molar-refractivity contribution < 1.29 is 29.6 Å². The van der Waals surface area contributed by atoms with Gasteiger partial charge in [0.05, 0.1) is 6.61 Å². The highest BCUT2D eigenvalue weighted by Crippen LogP contribution is 2.10. The van der Waals surface area contributed by atoms with Crippen LogP contribution in [0, 0.1) is 0 Å². The predicted molar refractivity (Wildman–Crippen MR) is 89.2 cm³/mol. The van der Waals surface area contributed by atoms with Crippen LogP contribution in [-0.2, 0) is 14.3 Å². The van der Waals surface area contributed by atoms with E-state index in [4.69, 9.17) is 24.9 Å². The molecule has 1 atom stereocenters. The smallest absolute Gasteiger partial charge is 0.305 e. The van der Waals surface area contributed by atoms with E-state index in [2.05, 4.69) is 6.92 Å². The Morgan fingerprint density at radius 2 is 1.39 bits per heavy atom. The number of aliphatic hydroxyl groups is 2. The van der Waals surface area contributed by atoms with Gasteiger partial charge < -0.3 is 20.1 Å². The van der Waals surface area contributed by atoms with Crippen LogP contribution in [0.4, 0.5) is 0 Å². The Morgan fingerprint density at radius 1 is 0.957 bits per heavy atom. The fourth-order valence-electron chi connectivity index (χ4n) is 1.89. The van der Waals surface area contributed by atoms with Crippen molar-refractivity contribution in [2.45, 2.75) is 84.2 Å². The number of aliphatic hydroxyl groups excluding tert-OH is 2. The Balaban J connectivity index is 0. The summed E-state index contributed by atoms with van der Waals surface area (Å²) in [6, 6.07) is 0.